The topological polar surface area (TPSA) is 21.3 Å². The lowest BCUT2D eigenvalue weighted by molar-refractivity contribution is 0.0513. The van der Waals surface area contributed by atoms with E-state index >= 15 is 0 Å². The largest absolute Gasteiger partial charge is 0.381 e. The molecular formula is C16H15ClFNO. The number of ether oxygens (including phenoxy) is 1. The summed E-state index contributed by atoms with van der Waals surface area (Å²) < 4.78 is 19.0. The average molecular weight is 292 g/mol. The number of anilines is 1. The molecule has 0 amide bonds. The smallest absolute Gasteiger partial charge is 0.125 e. The van der Waals surface area contributed by atoms with E-state index in [0.717, 1.165) is 6.42 Å². The Morgan fingerprint density at radius 1 is 1.25 bits per heavy atom. The third-order valence-corrected chi connectivity index (χ3v) is 3.83. The molecule has 2 aromatic carbocycles. The summed E-state index contributed by atoms with van der Waals surface area (Å²) >= 11 is 6.04. The number of hydrogen-bond acceptors (Lipinski definition) is 2. The van der Waals surface area contributed by atoms with Gasteiger partial charge in [-0.25, -0.2) is 4.39 Å². The van der Waals surface area contributed by atoms with Crippen molar-refractivity contribution in [3.8, 4) is 0 Å². The Morgan fingerprint density at radius 3 is 3.00 bits per heavy atom. The van der Waals surface area contributed by atoms with Crippen LogP contribution in [0.4, 0.5) is 10.1 Å². The van der Waals surface area contributed by atoms with Gasteiger partial charge in [-0.2, -0.15) is 0 Å². The maximum atomic E-state index is 13.2. The maximum Gasteiger partial charge on any atom is 0.125 e. The molecule has 0 aromatic heterocycles. The van der Waals surface area contributed by atoms with Gasteiger partial charge in [0, 0.05) is 6.54 Å². The Labute approximate surface area is 122 Å². The van der Waals surface area contributed by atoms with Crippen molar-refractivity contribution in [2.75, 3.05) is 18.5 Å². The number of halogens is 2. The zero-order valence-electron chi connectivity index (χ0n) is 10.9. The Morgan fingerprint density at radius 2 is 2.10 bits per heavy atom. The molecule has 1 unspecified atom stereocenters. The van der Waals surface area contributed by atoms with Gasteiger partial charge in [0.15, 0.2) is 0 Å². The third-order valence-electron chi connectivity index (χ3n) is 3.50. The number of rotatable bonds is 3. The van der Waals surface area contributed by atoms with Crippen molar-refractivity contribution in [3.63, 3.8) is 0 Å². The second-order valence-corrected chi connectivity index (χ2v) is 5.22. The predicted octanol–water partition coefficient (Wildman–Crippen LogP) is 4.21. The van der Waals surface area contributed by atoms with Gasteiger partial charge >= 0.3 is 0 Å². The van der Waals surface area contributed by atoms with Gasteiger partial charge in [0.05, 0.1) is 23.4 Å². The maximum absolute atomic E-state index is 13.2. The summed E-state index contributed by atoms with van der Waals surface area (Å²) in [6.45, 7) is 1.28. The van der Waals surface area contributed by atoms with Crippen LogP contribution in [0, 0.1) is 5.82 Å². The van der Waals surface area contributed by atoms with Crippen molar-refractivity contribution in [2.24, 2.45) is 0 Å². The van der Waals surface area contributed by atoms with Gasteiger partial charge in [-0.05, 0) is 35.7 Å². The van der Waals surface area contributed by atoms with E-state index in [0.29, 0.717) is 23.9 Å². The fraction of sp³-hybridized carbons (Fsp3) is 0.250. The molecule has 20 heavy (non-hydrogen) atoms. The van der Waals surface area contributed by atoms with E-state index < -0.39 is 0 Å². The summed E-state index contributed by atoms with van der Waals surface area (Å²) in [7, 11) is 0. The van der Waals surface area contributed by atoms with Gasteiger partial charge in [-0.3, -0.25) is 0 Å². The van der Waals surface area contributed by atoms with Gasteiger partial charge < -0.3 is 10.1 Å². The molecule has 0 aliphatic carbocycles. The summed E-state index contributed by atoms with van der Waals surface area (Å²) in [5, 5.41) is 3.68. The van der Waals surface area contributed by atoms with Crippen molar-refractivity contribution in [3.05, 3.63) is 64.4 Å². The molecule has 0 radical (unpaired) electrons. The van der Waals surface area contributed by atoms with Crippen molar-refractivity contribution in [2.45, 2.75) is 12.5 Å². The lowest BCUT2D eigenvalue weighted by atomic mass is 9.97. The van der Waals surface area contributed by atoms with Crippen LogP contribution in [0.2, 0.25) is 5.02 Å². The summed E-state index contributed by atoms with van der Waals surface area (Å²) in [5.74, 6) is -0.304. The Balaban J connectivity index is 1.75. The molecule has 1 N–H and O–H groups in total. The molecule has 0 bridgehead atoms. The van der Waals surface area contributed by atoms with E-state index in [1.165, 1.54) is 23.3 Å². The van der Waals surface area contributed by atoms with Crippen LogP contribution in [0.25, 0.3) is 0 Å². The molecule has 0 saturated carbocycles. The van der Waals surface area contributed by atoms with Gasteiger partial charge in [-0.1, -0.05) is 35.9 Å². The number of benzene rings is 2. The van der Waals surface area contributed by atoms with Crippen LogP contribution in [-0.2, 0) is 11.2 Å². The minimum absolute atomic E-state index is 0.0284. The fourth-order valence-electron chi connectivity index (χ4n) is 2.48. The monoisotopic (exact) mass is 291 g/mol. The average Bonchev–Trinajstić information content (AvgIpc) is 2.48. The van der Waals surface area contributed by atoms with Crippen molar-refractivity contribution < 1.29 is 9.13 Å². The highest BCUT2D eigenvalue weighted by molar-refractivity contribution is 6.33. The summed E-state index contributed by atoms with van der Waals surface area (Å²) in [5.41, 5.74) is 3.10. The standard InChI is InChI=1S/C16H15ClFNO/c17-14-6-5-12(18)9-15(14)19-10-16-13-4-2-1-3-11(13)7-8-20-16/h1-6,9,16,19H,7-8,10H2. The van der Waals surface area contributed by atoms with Crippen LogP contribution < -0.4 is 5.32 Å². The summed E-state index contributed by atoms with van der Waals surface area (Å²) in [4.78, 5) is 0. The molecule has 0 spiro atoms. The second kappa shape index (κ2) is 5.81. The zero-order chi connectivity index (χ0) is 13.9. The number of nitrogens with one attached hydrogen (secondary N) is 1. The normalized spacial score (nSPS) is 17.6. The molecule has 0 saturated heterocycles. The predicted molar refractivity (Wildman–Crippen MR) is 78.7 cm³/mol. The van der Waals surface area contributed by atoms with Gasteiger partial charge in [0.25, 0.3) is 0 Å². The Bertz CT molecular complexity index is 617. The first kappa shape index (κ1) is 13.4. The molecule has 3 rings (SSSR count). The molecule has 2 nitrogen and oxygen atoms in total. The second-order valence-electron chi connectivity index (χ2n) is 4.81. The van der Waals surface area contributed by atoms with Crippen molar-refractivity contribution >= 4 is 17.3 Å². The molecule has 4 heteroatoms. The lowest BCUT2D eigenvalue weighted by Gasteiger charge is -2.26. The van der Waals surface area contributed by atoms with E-state index in [4.69, 9.17) is 16.3 Å². The first-order valence-electron chi connectivity index (χ1n) is 6.62. The number of hydrogen-bond donors (Lipinski definition) is 1. The van der Waals surface area contributed by atoms with Crippen LogP contribution in [0.3, 0.4) is 0 Å². The molecule has 1 aliphatic rings. The SMILES string of the molecule is Fc1ccc(Cl)c(NCC2OCCc3ccccc32)c1. The first-order valence-corrected chi connectivity index (χ1v) is 7.00. The molecule has 0 fully saturated rings. The highest BCUT2D eigenvalue weighted by atomic mass is 35.5. The van der Waals surface area contributed by atoms with Crippen molar-refractivity contribution in [1.29, 1.82) is 0 Å². The lowest BCUT2D eigenvalue weighted by Crippen LogP contribution is -2.22. The van der Waals surface area contributed by atoms with Crippen LogP contribution in [0.5, 0.6) is 0 Å². The van der Waals surface area contributed by atoms with Crippen LogP contribution in [0.15, 0.2) is 42.5 Å². The van der Waals surface area contributed by atoms with Gasteiger partial charge in [0.2, 0.25) is 0 Å². The summed E-state index contributed by atoms with van der Waals surface area (Å²) in [6.07, 6.45) is 0.909. The van der Waals surface area contributed by atoms with Crippen LogP contribution in [-0.4, -0.2) is 13.2 Å². The molecule has 2 aromatic rings. The Hall–Kier alpha value is -1.58. The third kappa shape index (κ3) is 2.79. The quantitative estimate of drug-likeness (QED) is 0.915. The molecule has 1 atom stereocenters. The molecular weight excluding hydrogens is 277 g/mol. The zero-order valence-corrected chi connectivity index (χ0v) is 11.7. The van der Waals surface area contributed by atoms with Gasteiger partial charge in [0.1, 0.15) is 5.82 Å². The minimum Gasteiger partial charge on any atom is -0.381 e. The van der Waals surface area contributed by atoms with E-state index in [9.17, 15) is 4.39 Å². The van der Waals surface area contributed by atoms with E-state index in [1.54, 1.807) is 6.07 Å². The van der Waals surface area contributed by atoms with E-state index in [-0.39, 0.29) is 11.9 Å². The summed E-state index contributed by atoms with van der Waals surface area (Å²) in [6, 6.07) is 12.5. The van der Waals surface area contributed by atoms with E-state index in [1.807, 2.05) is 12.1 Å². The molecule has 104 valence electrons. The van der Waals surface area contributed by atoms with E-state index in [2.05, 4.69) is 17.4 Å². The highest BCUT2D eigenvalue weighted by Gasteiger charge is 2.20. The Kier molecular flexibility index (Phi) is 3.90. The first-order chi connectivity index (χ1) is 9.74. The molecule has 1 heterocycles. The van der Waals surface area contributed by atoms with Crippen LogP contribution in [0.1, 0.15) is 17.2 Å². The number of fused-ring (bicyclic) bond motifs is 1. The molecule has 1 aliphatic heterocycles. The van der Waals surface area contributed by atoms with Gasteiger partial charge in [-0.15, -0.1) is 0 Å². The fourth-order valence-corrected chi connectivity index (χ4v) is 2.67. The van der Waals surface area contributed by atoms with Crippen molar-refractivity contribution in [1.82, 2.24) is 0 Å². The minimum atomic E-state index is -0.304. The highest BCUT2D eigenvalue weighted by Crippen LogP contribution is 2.28. The van der Waals surface area contributed by atoms with Crippen LogP contribution >= 0.6 is 11.6 Å².